The Morgan fingerprint density at radius 3 is 1.02 bits per heavy atom. The molecule has 0 aromatic heterocycles. The largest absolute Gasteiger partial charge is 0.756 e. The third kappa shape index (κ3) is 66.8. The van der Waals surface area contributed by atoms with Crippen LogP contribution in [0.25, 0.3) is 0 Å². The maximum atomic E-state index is 12.8. The zero-order valence-corrected chi connectivity index (χ0v) is 54.9. The van der Waals surface area contributed by atoms with Crippen LogP contribution >= 0.6 is 7.82 Å². The van der Waals surface area contributed by atoms with Gasteiger partial charge in [0.2, 0.25) is 0 Å². The molecule has 0 N–H and O–H groups in total. The zero-order chi connectivity index (χ0) is 61.2. The number of rotatable bonds is 59. The standard InChI is InChI=1S/C74H122NO8P/c1-6-8-10-12-14-16-18-20-22-24-26-28-30-31-32-33-34-35-36-37-38-39-40-41-42-43-45-47-49-51-53-55-57-59-61-63-65-67-74(77)83-72(71-82-84(78,79)81-69-68-75(3,4)5)70-80-73(76)66-64-62-60-58-56-54-52-50-48-46-44-29-27-25-23-21-19-17-15-13-11-9-7-2/h8,10,14,16,19-22,25-28,31-32,34-35,37-38,40-41,43,45,49,51,55,57,72H,6-7,9,11-13,15,17-18,23-24,29-30,33,36,39,42,44,46-48,50,52-54,56,58-71H2,1-5H3/b10-8-,16-14-,21-19-,22-20-,27-25-,28-26-,32-31-,35-34-,38-37-,41-40-,45-43-,51-49-,57-55-. The Morgan fingerprint density at radius 1 is 0.381 bits per heavy atom. The van der Waals surface area contributed by atoms with Crippen LogP contribution in [-0.2, 0) is 32.7 Å². The van der Waals surface area contributed by atoms with E-state index >= 15 is 0 Å². The average Bonchev–Trinajstić information content (AvgIpc) is 3.61. The number of carbonyl (C=O) groups is 2. The number of likely N-dealkylation sites (N-methyl/N-ethyl adjacent to an activating group) is 1. The van der Waals surface area contributed by atoms with E-state index in [9.17, 15) is 19.0 Å². The van der Waals surface area contributed by atoms with Crippen LogP contribution in [0.1, 0.15) is 245 Å². The number of hydrogen-bond acceptors (Lipinski definition) is 8. The van der Waals surface area contributed by atoms with Gasteiger partial charge in [0, 0.05) is 12.8 Å². The van der Waals surface area contributed by atoms with Crippen molar-refractivity contribution >= 4 is 19.8 Å². The van der Waals surface area contributed by atoms with E-state index in [1.54, 1.807) is 0 Å². The lowest BCUT2D eigenvalue weighted by Crippen LogP contribution is -2.37. The minimum Gasteiger partial charge on any atom is -0.756 e. The molecule has 0 aliphatic rings. The van der Waals surface area contributed by atoms with Gasteiger partial charge in [-0.15, -0.1) is 0 Å². The van der Waals surface area contributed by atoms with E-state index in [1.165, 1.54) is 89.9 Å². The first kappa shape index (κ1) is 79.6. The first-order valence-electron chi connectivity index (χ1n) is 33.2. The summed E-state index contributed by atoms with van der Waals surface area (Å²) >= 11 is 0. The molecule has 0 radical (unpaired) electrons. The monoisotopic (exact) mass is 1180 g/mol. The third-order valence-electron chi connectivity index (χ3n) is 13.5. The molecular formula is C74H122NO8P. The Morgan fingerprint density at radius 2 is 0.679 bits per heavy atom. The molecule has 0 heterocycles. The van der Waals surface area contributed by atoms with Gasteiger partial charge in [-0.3, -0.25) is 14.2 Å². The van der Waals surface area contributed by atoms with Crippen molar-refractivity contribution in [3.05, 3.63) is 158 Å². The summed E-state index contributed by atoms with van der Waals surface area (Å²) in [5.41, 5.74) is 0. The number of esters is 2. The van der Waals surface area contributed by atoms with Crippen molar-refractivity contribution in [2.75, 3.05) is 47.5 Å². The second kappa shape index (κ2) is 63.1. The normalized spacial score (nSPS) is 14.2. The highest BCUT2D eigenvalue weighted by Gasteiger charge is 2.22. The van der Waals surface area contributed by atoms with Gasteiger partial charge in [0.1, 0.15) is 19.8 Å². The van der Waals surface area contributed by atoms with Crippen molar-refractivity contribution in [2.24, 2.45) is 0 Å². The van der Waals surface area contributed by atoms with Crippen molar-refractivity contribution < 1.29 is 42.1 Å². The fourth-order valence-corrected chi connectivity index (χ4v) is 9.18. The fraction of sp³-hybridized carbons (Fsp3) is 0.622. The summed E-state index contributed by atoms with van der Waals surface area (Å²) in [6.45, 7) is 4.06. The van der Waals surface area contributed by atoms with Gasteiger partial charge in [0.25, 0.3) is 7.82 Å². The predicted octanol–water partition coefficient (Wildman–Crippen LogP) is 21.0. The molecule has 0 saturated carbocycles. The van der Waals surface area contributed by atoms with Crippen LogP contribution in [0.4, 0.5) is 0 Å². The highest BCUT2D eigenvalue weighted by Crippen LogP contribution is 2.38. The molecule has 0 spiro atoms. The van der Waals surface area contributed by atoms with Crippen molar-refractivity contribution in [3.63, 3.8) is 0 Å². The van der Waals surface area contributed by atoms with E-state index in [1.807, 2.05) is 21.1 Å². The molecular weight excluding hydrogens is 1060 g/mol. The van der Waals surface area contributed by atoms with Crippen LogP contribution in [0.3, 0.4) is 0 Å². The smallest absolute Gasteiger partial charge is 0.306 e. The Balaban J connectivity index is 4.23. The molecule has 476 valence electrons. The van der Waals surface area contributed by atoms with Crippen LogP contribution in [0.2, 0.25) is 0 Å². The van der Waals surface area contributed by atoms with Gasteiger partial charge in [0.15, 0.2) is 6.10 Å². The van der Waals surface area contributed by atoms with Crippen molar-refractivity contribution in [1.82, 2.24) is 0 Å². The molecule has 0 bridgehead atoms. The number of unbranched alkanes of at least 4 members (excludes halogenated alkanes) is 19. The van der Waals surface area contributed by atoms with Gasteiger partial charge in [-0.1, -0.05) is 262 Å². The number of ether oxygens (including phenoxy) is 2. The Bertz CT molecular complexity index is 1970. The van der Waals surface area contributed by atoms with Crippen LogP contribution in [0.15, 0.2) is 158 Å². The summed E-state index contributed by atoms with van der Waals surface area (Å²) in [6, 6.07) is 0. The number of hydrogen-bond donors (Lipinski definition) is 0. The molecule has 0 saturated heterocycles. The van der Waals surface area contributed by atoms with Crippen molar-refractivity contribution in [2.45, 2.75) is 251 Å². The van der Waals surface area contributed by atoms with Crippen molar-refractivity contribution in [1.29, 1.82) is 0 Å². The van der Waals surface area contributed by atoms with E-state index < -0.39 is 32.5 Å². The van der Waals surface area contributed by atoms with Gasteiger partial charge in [0.05, 0.1) is 27.7 Å². The third-order valence-corrected chi connectivity index (χ3v) is 14.5. The van der Waals surface area contributed by atoms with Gasteiger partial charge in [-0.25, -0.2) is 0 Å². The lowest BCUT2D eigenvalue weighted by atomic mass is 10.0. The molecule has 0 aromatic rings. The van der Waals surface area contributed by atoms with Crippen LogP contribution in [-0.4, -0.2) is 70.0 Å². The van der Waals surface area contributed by atoms with Gasteiger partial charge in [-0.05, 0) is 128 Å². The fourth-order valence-electron chi connectivity index (χ4n) is 8.46. The van der Waals surface area contributed by atoms with E-state index in [0.29, 0.717) is 17.4 Å². The minimum atomic E-state index is -4.66. The lowest BCUT2D eigenvalue weighted by Gasteiger charge is -2.28. The molecule has 0 fully saturated rings. The molecule has 2 unspecified atom stereocenters. The Hall–Kier alpha value is -4.37. The van der Waals surface area contributed by atoms with Crippen molar-refractivity contribution in [3.8, 4) is 0 Å². The maximum absolute atomic E-state index is 12.8. The molecule has 0 aliphatic carbocycles. The van der Waals surface area contributed by atoms with E-state index in [4.69, 9.17) is 18.5 Å². The summed E-state index contributed by atoms with van der Waals surface area (Å²) in [6.07, 6.45) is 94.5. The highest BCUT2D eigenvalue weighted by atomic mass is 31.2. The molecule has 10 heteroatoms. The van der Waals surface area contributed by atoms with Crippen LogP contribution in [0, 0.1) is 0 Å². The van der Waals surface area contributed by atoms with E-state index in [-0.39, 0.29) is 26.1 Å². The number of quaternary nitrogens is 1. The molecule has 0 amide bonds. The molecule has 0 aromatic carbocycles. The summed E-state index contributed by atoms with van der Waals surface area (Å²) in [7, 11) is 1.12. The SMILES string of the molecule is CC/C=C\C/C=C\C/C=C\C/C=C\C/C=C\C/C=C\C/C=C\C/C=C\C/C=C\C/C=C\C/C=C\CCCCCC(=O)OC(COC(=O)CCCCCCCCCCCCC/C=C\C/C=C\CCCCCCC)COP(=O)([O-])OCC[N+](C)(C)C. The Labute approximate surface area is 516 Å². The maximum Gasteiger partial charge on any atom is 0.306 e. The number of allylic oxidation sites excluding steroid dienone is 26. The zero-order valence-electron chi connectivity index (χ0n) is 54.0. The summed E-state index contributed by atoms with van der Waals surface area (Å²) in [4.78, 5) is 38.0. The molecule has 84 heavy (non-hydrogen) atoms. The second-order valence-electron chi connectivity index (χ2n) is 22.7. The van der Waals surface area contributed by atoms with Gasteiger partial charge >= 0.3 is 11.9 Å². The minimum absolute atomic E-state index is 0.0463. The van der Waals surface area contributed by atoms with Gasteiger partial charge in [-0.2, -0.15) is 0 Å². The van der Waals surface area contributed by atoms with Crippen LogP contribution < -0.4 is 4.89 Å². The number of phosphoric ester groups is 1. The quantitative estimate of drug-likeness (QED) is 0.0195. The lowest BCUT2D eigenvalue weighted by molar-refractivity contribution is -0.870. The predicted molar refractivity (Wildman–Crippen MR) is 360 cm³/mol. The number of carbonyl (C=O) groups excluding carboxylic acids is 2. The van der Waals surface area contributed by atoms with E-state index in [2.05, 4.69) is 172 Å². The molecule has 2 atom stereocenters. The summed E-state index contributed by atoms with van der Waals surface area (Å²) < 4.78 is 34.2. The summed E-state index contributed by atoms with van der Waals surface area (Å²) in [5.74, 6) is -0.883. The Kier molecular flexibility index (Phi) is 59.9. The first-order chi connectivity index (χ1) is 41.0. The topological polar surface area (TPSA) is 111 Å². The average molecular weight is 1180 g/mol. The van der Waals surface area contributed by atoms with Gasteiger partial charge < -0.3 is 27.9 Å². The second-order valence-corrected chi connectivity index (χ2v) is 24.2. The van der Waals surface area contributed by atoms with E-state index in [0.717, 1.165) is 122 Å². The first-order valence-corrected chi connectivity index (χ1v) is 34.7. The summed E-state index contributed by atoms with van der Waals surface area (Å²) in [5, 5.41) is 0. The molecule has 0 aliphatic heterocycles. The number of phosphoric acid groups is 1. The van der Waals surface area contributed by atoms with Crippen LogP contribution in [0.5, 0.6) is 0 Å². The molecule has 0 rings (SSSR count). The number of nitrogens with zero attached hydrogens (tertiary/aromatic N) is 1. The highest BCUT2D eigenvalue weighted by molar-refractivity contribution is 7.45. The molecule has 9 nitrogen and oxygen atoms in total.